The van der Waals surface area contributed by atoms with Crippen molar-refractivity contribution < 1.29 is 0 Å². The lowest BCUT2D eigenvalue weighted by Crippen LogP contribution is -2.07. The van der Waals surface area contributed by atoms with Crippen LogP contribution in [0.1, 0.15) is 0 Å². The van der Waals surface area contributed by atoms with Crippen LogP contribution in [0.4, 0.5) is 5.69 Å². The Labute approximate surface area is 146 Å². The predicted octanol–water partition coefficient (Wildman–Crippen LogP) is 4.89. The summed E-state index contributed by atoms with van der Waals surface area (Å²) in [5.74, 6) is 0. The van der Waals surface area contributed by atoms with Crippen molar-refractivity contribution in [2.24, 2.45) is 0 Å². The van der Waals surface area contributed by atoms with Crippen LogP contribution in [-0.2, 0) is 0 Å². The molecule has 22 heavy (non-hydrogen) atoms. The summed E-state index contributed by atoms with van der Waals surface area (Å²) in [5, 5.41) is 0. The Bertz CT molecular complexity index is 967. The van der Waals surface area contributed by atoms with Crippen molar-refractivity contribution in [3.8, 4) is 11.3 Å². The summed E-state index contributed by atoms with van der Waals surface area (Å²) in [4.78, 5) is 7.94. The number of aromatic nitrogens is 2. The Morgan fingerprint density at radius 3 is 2.59 bits per heavy atom. The largest absolute Gasteiger partial charge is 0.378 e. The molecule has 0 radical (unpaired) electrons. The molecular formula is C17H14IN3S. The Kier molecular flexibility index (Phi) is 3.34. The van der Waals surface area contributed by atoms with E-state index < -0.39 is 0 Å². The van der Waals surface area contributed by atoms with E-state index in [2.05, 4.69) is 94.6 Å². The zero-order valence-electron chi connectivity index (χ0n) is 12.2. The molecule has 0 spiro atoms. The second kappa shape index (κ2) is 5.24. The van der Waals surface area contributed by atoms with E-state index in [1.54, 1.807) is 11.3 Å². The fourth-order valence-electron chi connectivity index (χ4n) is 2.54. The second-order valence-corrected chi connectivity index (χ2v) is 7.69. The van der Waals surface area contributed by atoms with Crippen molar-refractivity contribution in [2.75, 3.05) is 19.0 Å². The quantitative estimate of drug-likeness (QED) is 0.432. The minimum atomic E-state index is 1.03. The maximum absolute atomic E-state index is 4.79. The number of nitrogens with zero attached hydrogens (tertiary/aromatic N) is 3. The van der Waals surface area contributed by atoms with E-state index >= 15 is 0 Å². The van der Waals surface area contributed by atoms with E-state index in [-0.39, 0.29) is 0 Å². The van der Waals surface area contributed by atoms with Crippen LogP contribution in [0.2, 0.25) is 0 Å². The molecular weight excluding hydrogens is 405 g/mol. The number of rotatable bonds is 2. The molecule has 4 aromatic rings. The van der Waals surface area contributed by atoms with Gasteiger partial charge in [0.05, 0.1) is 15.9 Å². The average Bonchev–Trinajstić information content (AvgIpc) is 3.04. The Morgan fingerprint density at radius 2 is 1.86 bits per heavy atom. The van der Waals surface area contributed by atoms with Crippen molar-refractivity contribution in [2.45, 2.75) is 0 Å². The molecule has 0 atom stereocenters. The molecule has 0 saturated carbocycles. The van der Waals surface area contributed by atoms with Crippen LogP contribution in [0.3, 0.4) is 0 Å². The van der Waals surface area contributed by atoms with Crippen LogP contribution in [0.25, 0.3) is 26.4 Å². The van der Waals surface area contributed by atoms with Crippen molar-refractivity contribution >= 4 is 54.8 Å². The molecule has 4 rings (SSSR count). The highest BCUT2D eigenvalue weighted by Crippen LogP contribution is 2.30. The van der Waals surface area contributed by atoms with Gasteiger partial charge in [0.15, 0.2) is 4.96 Å². The number of fused-ring (bicyclic) bond motifs is 3. The van der Waals surface area contributed by atoms with E-state index in [9.17, 15) is 0 Å². The molecule has 5 heteroatoms. The Hall–Kier alpha value is -1.60. The summed E-state index contributed by atoms with van der Waals surface area (Å²) in [5.41, 5.74) is 4.60. The van der Waals surface area contributed by atoms with Gasteiger partial charge in [0.25, 0.3) is 0 Å². The van der Waals surface area contributed by atoms with Crippen molar-refractivity contribution in [3.63, 3.8) is 0 Å². The zero-order valence-corrected chi connectivity index (χ0v) is 15.2. The maximum atomic E-state index is 4.79. The van der Waals surface area contributed by atoms with Gasteiger partial charge >= 0.3 is 0 Å². The molecule has 0 unspecified atom stereocenters. The van der Waals surface area contributed by atoms with Gasteiger partial charge in [0.1, 0.15) is 0 Å². The first-order valence-electron chi connectivity index (χ1n) is 6.97. The lowest BCUT2D eigenvalue weighted by Gasteiger charge is -2.12. The van der Waals surface area contributed by atoms with Crippen molar-refractivity contribution in [1.29, 1.82) is 0 Å². The van der Waals surface area contributed by atoms with E-state index in [0.717, 1.165) is 16.2 Å². The number of hydrogen-bond donors (Lipinski definition) is 0. The summed E-state index contributed by atoms with van der Waals surface area (Å²) in [6.07, 6.45) is 2.13. The van der Waals surface area contributed by atoms with Crippen molar-refractivity contribution in [3.05, 3.63) is 52.2 Å². The second-order valence-electron chi connectivity index (χ2n) is 5.43. The third-order valence-electron chi connectivity index (χ3n) is 3.74. The fourth-order valence-corrected chi connectivity index (χ4v) is 4.29. The third kappa shape index (κ3) is 2.28. The van der Waals surface area contributed by atoms with E-state index in [4.69, 9.17) is 4.98 Å². The lowest BCUT2D eigenvalue weighted by molar-refractivity contribution is 1.13. The molecule has 3 nitrogen and oxygen atoms in total. The molecule has 2 aromatic heterocycles. The number of halogens is 1. The highest BCUT2D eigenvalue weighted by atomic mass is 127. The molecule has 2 aromatic carbocycles. The molecule has 0 N–H and O–H groups in total. The van der Waals surface area contributed by atoms with Gasteiger partial charge in [-0.1, -0.05) is 23.5 Å². The van der Waals surface area contributed by atoms with Gasteiger partial charge < -0.3 is 4.90 Å². The minimum absolute atomic E-state index is 1.03. The van der Waals surface area contributed by atoms with Gasteiger partial charge in [0, 0.05) is 35.1 Å². The summed E-state index contributed by atoms with van der Waals surface area (Å²) in [6.45, 7) is 0. The van der Waals surface area contributed by atoms with Gasteiger partial charge in [-0.25, -0.2) is 4.98 Å². The fraction of sp³-hybridized carbons (Fsp3) is 0.118. The van der Waals surface area contributed by atoms with Gasteiger partial charge in [-0.3, -0.25) is 4.40 Å². The minimum Gasteiger partial charge on any atom is -0.378 e. The number of imidazole rings is 1. The third-order valence-corrected chi connectivity index (χ3v) is 5.42. The first-order valence-corrected chi connectivity index (χ1v) is 8.86. The first kappa shape index (κ1) is 14.0. The lowest BCUT2D eigenvalue weighted by atomic mass is 10.1. The molecule has 2 heterocycles. The van der Waals surface area contributed by atoms with E-state index in [1.165, 1.54) is 19.5 Å². The summed E-state index contributed by atoms with van der Waals surface area (Å²) < 4.78 is 4.73. The number of hydrogen-bond acceptors (Lipinski definition) is 3. The van der Waals surface area contributed by atoms with Crippen LogP contribution in [0, 0.1) is 3.57 Å². The predicted molar refractivity (Wildman–Crippen MR) is 103 cm³/mol. The molecule has 110 valence electrons. The summed E-state index contributed by atoms with van der Waals surface area (Å²) in [6, 6.07) is 15.0. The average molecular weight is 419 g/mol. The topological polar surface area (TPSA) is 20.5 Å². The van der Waals surface area contributed by atoms with E-state index in [0.29, 0.717) is 0 Å². The summed E-state index contributed by atoms with van der Waals surface area (Å²) >= 11 is 4.09. The molecule has 0 fully saturated rings. The van der Waals surface area contributed by atoms with Gasteiger partial charge in [-0.05, 0) is 52.9 Å². The molecule has 0 amide bonds. The molecule has 0 saturated heterocycles. The highest BCUT2D eigenvalue weighted by molar-refractivity contribution is 14.1. The standard InChI is InChI=1S/C17H14IN3S/c1-20(2)13-6-3-11(4-7-13)14-10-21-15-8-5-12(18)9-16(15)22-17(21)19-14/h3-10H,1-2H3. The number of thiazole rings is 1. The molecule has 0 aliphatic carbocycles. The zero-order chi connectivity index (χ0) is 15.3. The van der Waals surface area contributed by atoms with Crippen LogP contribution >= 0.6 is 33.9 Å². The monoisotopic (exact) mass is 419 g/mol. The molecule has 0 aliphatic rings. The van der Waals surface area contributed by atoms with Gasteiger partial charge in [0.2, 0.25) is 0 Å². The Morgan fingerprint density at radius 1 is 1.09 bits per heavy atom. The number of anilines is 1. The van der Waals surface area contributed by atoms with Crippen molar-refractivity contribution in [1.82, 2.24) is 9.38 Å². The molecule has 0 aliphatic heterocycles. The maximum Gasteiger partial charge on any atom is 0.195 e. The van der Waals surface area contributed by atoms with Crippen LogP contribution in [0.5, 0.6) is 0 Å². The SMILES string of the molecule is CN(C)c1ccc(-c2cn3c(n2)sc2cc(I)ccc23)cc1. The van der Waals surface area contributed by atoms with Gasteiger partial charge in [-0.2, -0.15) is 0 Å². The first-order chi connectivity index (χ1) is 10.6. The Balaban J connectivity index is 1.82. The van der Waals surface area contributed by atoms with Crippen LogP contribution < -0.4 is 4.90 Å². The van der Waals surface area contributed by atoms with Gasteiger partial charge in [-0.15, -0.1) is 0 Å². The molecule has 0 bridgehead atoms. The van der Waals surface area contributed by atoms with E-state index in [1.807, 2.05) is 0 Å². The van der Waals surface area contributed by atoms with Crippen LogP contribution in [-0.4, -0.2) is 23.5 Å². The smallest absolute Gasteiger partial charge is 0.195 e. The summed E-state index contributed by atoms with van der Waals surface area (Å²) in [7, 11) is 4.10. The van der Waals surface area contributed by atoms with Crippen LogP contribution in [0.15, 0.2) is 48.7 Å². The highest BCUT2D eigenvalue weighted by Gasteiger charge is 2.10. The number of benzene rings is 2. The normalized spacial score (nSPS) is 11.4.